The van der Waals surface area contributed by atoms with Crippen LogP contribution in [0.25, 0.3) is 0 Å². The summed E-state index contributed by atoms with van der Waals surface area (Å²) in [6.45, 7) is 0. The van der Waals surface area contributed by atoms with Gasteiger partial charge in [-0.25, -0.2) is 4.99 Å². The van der Waals surface area contributed by atoms with Gasteiger partial charge in [0.15, 0.2) is 6.29 Å². The lowest BCUT2D eigenvalue weighted by Gasteiger charge is -2.45. The number of benzene rings is 1. The molecule has 0 saturated heterocycles. The molecule has 1 fully saturated rings. The summed E-state index contributed by atoms with van der Waals surface area (Å²) in [5, 5.41) is 0. The molecule has 1 aliphatic carbocycles. The molecule has 0 unspecified atom stereocenters. The minimum Gasteiger partial charge on any atom is -0.369 e. The zero-order valence-electron chi connectivity index (χ0n) is 14.2. The zero-order valence-corrected chi connectivity index (χ0v) is 14.2. The topological polar surface area (TPSA) is 98.5 Å². The number of methoxy groups -OCH3 is 2. The molecule has 4 N–H and O–H groups in total. The van der Waals surface area contributed by atoms with Crippen molar-refractivity contribution < 1.29 is 9.47 Å². The molecular weight excluding hydrogens is 306 g/mol. The first-order chi connectivity index (χ1) is 11.6. The molecule has 0 amide bonds. The van der Waals surface area contributed by atoms with Gasteiger partial charge in [-0.3, -0.25) is 4.90 Å². The van der Waals surface area contributed by atoms with Crippen LogP contribution < -0.4 is 16.4 Å². The van der Waals surface area contributed by atoms with E-state index in [4.69, 9.17) is 20.9 Å². The minimum atomic E-state index is -0.442. The van der Waals surface area contributed by atoms with Gasteiger partial charge in [-0.05, 0) is 37.8 Å². The number of ether oxygens (including phenoxy) is 2. The summed E-state index contributed by atoms with van der Waals surface area (Å²) in [5.41, 5.74) is 13.6. The Hall–Kier alpha value is -2.12. The van der Waals surface area contributed by atoms with Crippen LogP contribution in [0.15, 0.2) is 34.3 Å². The van der Waals surface area contributed by atoms with E-state index in [-0.39, 0.29) is 5.96 Å². The molecule has 1 aromatic rings. The zero-order chi connectivity index (χ0) is 17.2. The third-order valence-corrected chi connectivity index (χ3v) is 4.68. The smallest absolute Gasteiger partial charge is 0.220 e. The van der Waals surface area contributed by atoms with Gasteiger partial charge in [0.25, 0.3) is 0 Å². The van der Waals surface area contributed by atoms with Gasteiger partial charge in [-0.1, -0.05) is 18.6 Å². The monoisotopic (exact) mass is 331 g/mol. The maximum absolute atomic E-state index is 6.25. The Bertz CT molecular complexity index is 648. The highest BCUT2D eigenvalue weighted by molar-refractivity contribution is 6.05. The molecule has 1 aromatic carbocycles. The molecule has 1 aliphatic heterocycles. The quantitative estimate of drug-likeness (QED) is 0.823. The summed E-state index contributed by atoms with van der Waals surface area (Å²) in [5.74, 6) is 0.640. The van der Waals surface area contributed by atoms with Gasteiger partial charge in [-0.15, -0.1) is 0 Å². The van der Waals surface area contributed by atoms with Gasteiger partial charge in [0, 0.05) is 25.5 Å². The molecule has 1 spiro atoms. The second-order valence-corrected chi connectivity index (χ2v) is 6.22. The van der Waals surface area contributed by atoms with Gasteiger partial charge in [0.2, 0.25) is 11.9 Å². The summed E-state index contributed by atoms with van der Waals surface area (Å²) in [7, 11) is 3.23. The summed E-state index contributed by atoms with van der Waals surface area (Å²) in [6.07, 6.45) is 4.79. The lowest BCUT2D eigenvalue weighted by Crippen LogP contribution is -2.58. The summed E-state index contributed by atoms with van der Waals surface area (Å²) in [4.78, 5) is 10.9. The Morgan fingerprint density at radius 2 is 1.83 bits per heavy atom. The first-order valence-electron chi connectivity index (χ1n) is 8.25. The lowest BCUT2D eigenvalue weighted by atomic mass is 9.87. The van der Waals surface area contributed by atoms with Crippen molar-refractivity contribution in [2.75, 3.05) is 19.1 Å². The van der Waals surface area contributed by atoms with Crippen LogP contribution in [0.3, 0.4) is 0 Å². The van der Waals surface area contributed by atoms with E-state index >= 15 is 0 Å². The van der Waals surface area contributed by atoms with E-state index in [1.165, 1.54) is 6.42 Å². The molecule has 24 heavy (non-hydrogen) atoms. The van der Waals surface area contributed by atoms with Gasteiger partial charge >= 0.3 is 0 Å². The second kappa shape index (κ2) is 6.78. The molecule has 1 heterocycles. The van der Waals surface area contributed by atoms with Crippen molar-refractivity contribution >= 4 is 17.6 Å². The lowest BCUT2D eigenvalue weighted by molar-refractivity contribution is -0.106. The third-order valence-electron chi connectivity index (χ3n) is 4.68. The van der Waals surface area contributed by atoms with Crippen LogP contribution in [0.4, 0.5) is 5.69 Å². The average molecular weight is 331 g/mol. The first kappa shape index (κ1) is 16.7. The largest absolute Gasteiger partial charge is 0.369 e. The van der Waals surface area contributed by atoms with E-state index in [1.807, 2.05) is 29.2 Å². The van der Waals surface area contributed by atoms with E-state index in [0.29, 0.717) is 5.96 Å². The highest BCUT2D eigenvalue weighted by atomic mass is 16.7. The van der Waals surface area contributed by atoms with Crippen molar-refractivity contribution in [1.29, 1.82) is 0 Å². The number of nitrogens with zero attached hydrogens (tertiary/aromatic N) is 3. The molecule has 0 radical (unpaired) electrons. The maximum atomic E-state index is 6.25. The third kappa shape index (κ3) is 2.97. The van der Waals surface area contributed by atoms with Crippen molar-refractivity contribution in [3.05, 3.63) is 29.8 Å². The van der Waals surface area contributed by atoms with E-state index in [2.05, 4.69) is 9.98 Å². The van der Waals surface area contributed by atoms with E-state index in [9.17, 15) is 0 Å². The number of hydrogen-bond acceptors (Lipinski definition) is 7. The van der Waals surface area contributed by atoms with Gasteiger partial charge < -0.3 is 20.9 Å². The molecule has 0 atom stereocenters. The van der Waals surface area contributed by atoms with Crippen LogP contribution in [-0.2, 0) is 9.47 Å². The Morgan fingerprint density at radius 1 is 1.12 bits per heavy atom. The van der Waals surface area contributed by atoms with Crippen molar-refractivity contribution in [3.8, 4) is 0 Å². The predicted molar refractivity (Wildman–Crippen MR) is 94.7 cm³/mol. The highest BCUT2D eigenvalue weighted by Gasteiger charge is 2.42. The Kier molecular flexibility index (Phi) is 4.73. The molecule has 7 nitrogen and oxygen atoms in total. The van der Waals surface area contributed by atoms with Gasteiger partial charge in [-0.2, -0.15) is 4.99 Å². The number of hydrogen-bond donors (Lipinski definition) is 2. The average Bonchev–Trinajstić information content (AvgIpc) is 2.56. The molecule has 3 rings (SSSR count). The standard InChI is InChI=1S/C17H25N5O2/c1-23-14(24-2)12-7-6-8-13(11-12)22-16(19)20-15(18)21-17(22)9-4-3-5-10-17/h6-8,11,14H,3-5,9-10H2,1-2H3,(H4,18,19,20,21). The molecule has 1 saturated carbocycles. The Morgan fingerprint density at radius 3 is 2.50 bits per heavy atom. The summed E-state index contributed by atoms with van der Waals surface area (Å²) in [6, 6.07) is 7.93. The van der Waals surface area contributed by atoms with Crippen LogP contribution in [0.1, 0.15) is 44.0 Å². The van der Waals surface area contributed by atoms with E-state index in [0.717, 1.165) is 36.9 Å². The van der Waals surface area contributed by atoms with Crippen LogP contribution in [0.2, 0.25) is 0 Å². The summed E-state index contributed by atoms with van der Waals surface area (Å²) < 4.78 is 10.7. The molecule has 7 heteroatoms. The predicted octanol–water partition coefficient (Wildman–Crippen LogP) is 2.09. The fourth-order valence-electron chi connectivity index (χ4n) is 3.67. The van der Waals surface area contributed by atoms with Crippen LogP contribution in [-0.4, -0.2) is 31.8 Å². The van der Waals surface area contributed by atoms with Crippen molar-refractivity contribution in [2.45, 2.75) is 44.1 Å². The Balaban J connectivity index is 2.02. The van der Waals surface area contributed by atoms with E-state index < -0.39 is 12.0 Å². The molecule has 2 aliphatic rings. The number of rotatable bonds is 4. The number of nitrogens with two attached hydrogens (primary N) is 2. The van der Waals surface area contributed by atoms with Crippen molar-refractivity contribution in [3.63, 3.8) is 0 Å². The first-order valence-corrected chi connectivity index (χ1v) is 8.25. The number of guanidine groups is 2. The molecule has 0 bridgehead atoms. The molecule has 130 valence electrons. The maximum Gasteiger partial charge on any atom is 0.220 e. The van der Waals surface area contributed by atoms with Crippen LogP contribution >= 0.6 is 0 Å². The second-order valence-electron chi connectivity index (χ2n) is 6.22. The SMILES string of the molecule is COC(OC)c1cccc(N2C(N)=NC(N)=NC23CCCCC3)c1. The molecular formula is C17H25N5O2. The van der Waals surface area contributed by atoms with E-state index in [1.54, 1.807) is 14.2 Å². The normalized spacial score (nSPS) is 20.2. The molecule has 0 aromatic heterocycles. The fraction of sp³-hybridized carbons (Fsp3) is 0.529. The van der Waals surface area contributed by atoms with Crippen LogP contribution in [0.5, 0.6) is 0 Å². The highest BCUT2D eigenvalue weighted by Crippen LogP contribution is 2.40. The number of aliphatic imine (C=N–C) groups is 2. The van der Waals surface area contributed by atoms with Crippen molar-refractivity contribution in [2.24, 2.45) is 21.5 Å². The summed E-state index contributed by atoms with van der Waals surface area (Å²) >= 11 is 0. The van der Waals surface area contributed by atoms with Crippen LogP contribution in [0, 0.1) is 0 Å². The van der Waals surface area contributed by atoms with Gasteiger partial charge in [0.05, 0.1) is 0 Å². The van der Waals surface area contributed by atoms with Gasteiger partial charge in [0.1, 0.15) is 5.66 Å². The fourth-order valence-corrected chi connectivity index (χ4v) is 3.67. The number of anilines is 1. The Labute approximate surface area is 142 Å². The van der Waals surface area contributed by atoms with Crippen molar-refractivity contribution in [1.82, 2.24) is 0 Å². The minimum absolute atomic E-state index is 0.258.